The van der Waals surface area contributed by atoms with Gasteiger partial charge in [0, 0.05) is 19.6 Å². The van der Waals surface area contributed by atoms with Gasteiger partial charge in [-0.25, -0.2) is 4.79 Å². The lowest BCUT2D eigenvalue weighted by Crippen LogP contribution is -2.24. The van der Waals surface area contributed by atoms with Crippen molar-refractivity contribution in [2.75, 3.05) is 13.2 Å². The fraction of sp³-hybridized carbons (Fsp3) is 0.462. The van der Waals surface area contributed by atoms with Gasteiger partial charge in [0.05, 0.1) is 6.54 Å². The zero-order valence-electron chi connectivity index (χ0n) is 9.93. The highest BCUT2D eigenvalue weighted by Crippen LogP contribution is 2.17. The van der Waals surface area contributed by atoms with E-state index in [4.69, 9.17) is 9.84 Å². The van der Waals surface area contributed by atoms with Crippen LogP contribution in [0.1, 0.15) is 17.5 Å². The van der Waals surface area contributed by atoms with Crippen LogP contribution in [0.3, 0.4) is 0 Å². The molecule has 1 heterocycles. The van der Waals surface area contributed by atoms with Gasteiger partial charge in [0.1, 0.15) is 6.10 Å². The number of benzene rings is 1. The van der Waals surface area contributed by atoms with Gasteiger partial charge in [0.15, 0.2) is 0 Å². The first-order valence-electron chi connectivity index (χ1n) is 5.81. The van der Waals surface area contributed by atoms with E-state index in [1.165, 1.54) is 5.56 Å². The average molecular weight is 235 g/mol. The average Bonchev–Trinajstić information content (AvgIpc) is 2.60. The summed E-state index contributed by atoms with van der Waals surface area (Å²) in [6.07, 6.45) is 0.0537. The summed E-state index contributed by atoms with van der Waals surface area (Å²) in [4.78, 5) is 13.2. The van der Waals surface area contributed by atoms with Crippen molar-refractivity contribution in [1.82, 2.24) is 4.90 Å². The maximum atomic E-state index is 11.6. The Morgan fingerprint density at radius 1 is 1.53 bits per heavy atom. The van der Waals surface area contributed by atoms with E-state index in [0.717, 1.165) is 5.56 Å². The lowest BCUT2D eigenvalue weighted by molar-refractivity contribution is 0.117. The van der Waals surface area contributed by atoms with Crippen LogP contribution in [0, 0.1) is 6.92 Å². The van der Waals surface area contributed by atoms with Crippen molar-refractivity contribution in [2.45, 2.75) is 26.0 Å². The number of rotatable bonds is 4. The van der Waals surface area contributed by atoms with Crippen LogP contribution in [-0.4, -0.2) is 35.4 Å². The second-order valence-electron chi connectivity index (χ2n) is 4.39. The molecule has 2 rings (SSSR count). The molecule has 0 spiro atoms. The predicted molar refractivity (Wildman–Crippen MR) is 63.6 cm³/mol. The first-order valence-corrected chi connectivity index (χ1v) is 5.81. The van der Waals surface area contributed by atoms with E-state index in [-0.39, 0.29) is 18.8 Å². The molecule has 17 heavy (non-hydrogen) atoms. The lowest BCUT2D eigenvalue weighted by Gasteiger charge is -2.13. The number of aryl methyl sites for hydroxylation is 1. The van der Waals surface area contributed by atoms with Crippen molar-refractivity contribution in [2.24, 2.45) is 0 Å². The predicted octanol–water partition coefficient (Wildman–Crippen LogP) is 1.70. The van der Waals surface area contributed by atoms with Crippen LogP contribution < -0.4 is 0 Å². The molecule has 4 nitrogen and oxygen atoms in total. The van der Waals surface area contributed by atoms with Crippen LogP contribution in [0.5, 0.6) is 0 Å². The number of cyclic esters (lactones) is 1. The van der Waals surface area contributed by atoms with Crippen LogP contribution in [0.2, 0.25) is 0 Å². The SMILES string of the molecule is Cc1cccc(CN2CC(CCO)OC2=O)c1. The molecule has 1 aliphatic heterocycles. The number of carbonyl (C=O) groups excluding carboxylic acids is 1. The summed E-state index contributed by atoms with van der Waals surface area (Å²) < 4.78 is 5.14. The van der Waals surface area contributed by atoms with Gasteiger partial charge in [-0.1, -0.05) is 29.8 Å². The Morgan fingerprint density at radius 2 is 2.35 bits per heavy atom. The molecule has 1 unspecified atom stereocenters. The van der Waals surface area contributed by atoms with Crippen molar-refractivity contribution in [3.8, 4) is 0 Å². The summed E-state index contributed by atoms with van der Waals surface area (Å²) in [6, 6.07) is 8.07. The van der Waals surface area contributed by atoms with Gasteiger partial charge in [-0.3, -0.25) is 0 Å². The number of hydrogen-bond acceptors (Lipinski definition) is 3. The fourth-order valence-electron chi connectivity index (χ4n) is 2.03. The highest BCUT2D eigenvalue weighted by Gasteiger charge is 2.30. The molecule has 0 aromatic heterocycles. The number of aliphatic hydroxyl groups is 1. The molecular formula is C13H17NO3. The summed E-state index contributed by atoms with van der Waals surface area (Å²) in [5.74, 6) is 0. The van der Waals surface area contributed by atoms with Gasteiger partial charge in [-0.15, -0.1) is 0 Å². The third-order valence-corrected chi connectivity index (χ3v) is 2.86. The lowest BCUT2D eigenvalue weighted by atomic mass is 10.1. The maximum Gasteiger partial charge on any atom is 0.410 e. The molecular weight excluding hydrogens is 218 g/mol. The van der Waals surface area contributed by atoms with Gasteiger partial charge >= 0.3 is 6.09 Å². The van der Waals surface area contributed by atoms with Crippen LogP contribution in [-0.2, 0) is 11.3 Å². The normalized spacial score (nSPS) is 19.5. The van der Waals surface area contributed by atoms with Crippen molar-refractivity contribution in [3.63, 3.8) is 0 Å². The number of hydrogen-bond donors (Lipinski definition) is 1. The van der Waals surface area contributed by atoms with Crippen LogP contribution >= 0.6 is 0 Å². The van der Waals surface area contributed by atoms with Crippen LogP contribution in [0.15, 0.2) is 24.3 Å². The monoisotopic (exact) mass is 235 g/mol. The standard InChI is InChI=1S/C13H17NO3/c1-10-3-2-4-11(7-10)8-14-9-12(5-6-15)17-13(14)16/h2-4,7,12,15H,5-6,8-9H2,1H3. The largest absolute Gasteiger partial charge is 0.444 e. The van der Waals surface area contributed by atoms with E-state index in [1.54, 1.807) is 4.90 Å². The number of carbonyl (C=O) groups is 1. The van der Waals surface area contributed by atoms with E-state index < -0.39 is 0 Å². The molecule has 1 aliphatic rings. The minimum Gasteiger partial charge on any atom is -0.444 e. The highest BCUT2D eigenvalue weighted by molar-refractivity contribution is 5.69. The Kier molecular flexibility index (Phi) is 3.64. The minimum absolute atomic E-state index is 0.0518. The summed E-state index contributed by atoms with van der Waals surface area (Å²) in [6.45, 7) is 3.21. The molecule has 1 saturated heterocycles. The van der Waals surface area contributed by atoms with Crippen molar-refractivity contribution in [3.05, 3.63) is 35.4 Å². The topological polar surface area (TPSA) is 49.8 Å². The van der Waals surface area contributed by atoms with E-state index in [9.17, 15) is 4.79 Å². The maximum absolute atomic E-state index is 11.6. The Labute approximate surface area is 101 Å². The van der Waals surface area contributed by atoms with E-state index in [2.05, 4.69) is 6.07 Å². The molecule has 1 fully saturated rings. The first kappa shape index (κ1) is 11.9. The molecule has 1 aromatic carbocycles. The minimum atomic E-state index is -0.287. The van der Waals surface area contributed by atoms with Crippen LogP contribution in [0.4, 0.5) is 4.79 Å². The third-order valence-electron chi connectivity index (χ3n) is 2.86. The van der Waals surface area contributed by atoms with Gasteiger partial charge in [-0.2, -0.15) is 0 Å². The quantitative estimate of drug-likeness (QED) is 0.864. The molecule has 0 bridgehead atoms. The summed E-state index contributed by atoms with van der Waals surface area (Å²) >= 11 is 0. The van der Waals surface area contributed by atoms with Gasteiger partial charge in [0.2, 0.25) is 0 Å². The first-order chi connectivity index (χ1) is 8.19. The second-order valence-corrected chi connectivity index (χ2v) is 4.39. The zero-order chi connectivity index (χ0) is 12.3. The number of aliphatic hydroxyl groups excluding tert-OH is 1. The molecule has 4 heteroatoms. The van der Waals surface area contributed by atoms with Gasteiger partial charge in [-0.05, 0) is 12.5 Å². The molecule has 1 N–H and O–H groups in total. The number of ether oxygens (including phenoxy) is 1. The van der Waals surface area contributed by atoms with Gasteiger partial charge < -0.3 is 14.7 Å². The van der Waals surface area contributed by atoms with Crippen molar-refractivity contribution < 1.29 is 14.6 Å². The molecule has 0 saturated carbocycles. The fourth-order valence-corrected chi connectivity index (χ4v) is 2.03. The zero-order valence-corrected chi connectivity index (χ0v) is 9.93. The molecule has 0 aliphatic carbocycles. The van der Waals surface area contributed by atoms with Crippen LogP contribution in [0.25, 0.3) is 0 Å². The third kappa shape index (κ3) is 2.97. The molecule has 1 aromatic rings. The Hall–Kier alpha value is -1.55. The number of nitrogens with zero attached hydrogens (tertiary/aromatic N) is 1. The highest BCUT2D eigenvalue weighted by atomic mass is 16.6. The molecule has 1 amide bonds. The second kappa shape index (κ2) is 5.19. The smallest absolute Gasteiger partial charge is 0.410 e. The van der Waals surface area contributed by atoms with E-state index in [0.29, 0.717) is 19.5 Å². The molecule has 92 valence electrons. The Morgan fingerprint density at radius 3 is 3.06 bits per heavy atom. The molecule has 1 atom stereocenters. The van der Waals surface area contributed by atoms with Gasteiger partial charge in [0.25, 0.3) is 0 Å². The molecule has 0 radical (unpaired) electrons. The van der Waals surface area contributed by atoms with Crippen molar-refractivity contribution >= 4 is 6.09 Å². The Bertz CT molecular complexity index is 405. The van der Waals surface area contributed by atoms with Crippen molar-refractivity contribution in [1.29, 1.82) is 0 Å². The van der Waals surface area contributed by atoms with E-state index in [1.807, 2.05) is 25.1 Å². The summed E-state index contributed by atoms with van der Waals surface area (Å²) in [5, 5.41) is 8.82. The summed E-state index contributed by atoms with van der Waals surface area (Å²) in [7, 11) is 0. The number of amides is 1. The van der Waals surface area contributed by atoms with E-state index >= 15 is 0 Å². The summed E-state index contributed by atoms with van der Waals surface area (Å²) in [5.41, 5.74) is 2.29. The Balaban J connectivity index is 1.98.